The number of thioether (sulfide) groups is 1. The molecule has 1 aromatic carbocycles. The third kappa shape index (κ3) is 6.97. The molecule has 25 heavy (non-hydrogen) atoms. The van der Waals surface area contributed by atoms with Gasteiger partial charge in [-0.1, -0.05) is 32.0 Å². The third-order valence-electron chi connectivity index (χ3n) is 3.42. The van der Waals surface area contributed by atoms with Crippen LogP contribution in [0.2, 0.25) is 0 Å². The van der Waals surface area contributed by atoms with E-state index in [9.17, 15) is 9.59 Å². The Bertz CT molecular complexity index is 705. The monoisotopic (exact) mass is 357 g/mol. The lowest BCUT2D eigenvalue weighted by molar-refractivity contribution is -0.119. The molecular formula is C19H23N3O2S. The van der Waals surface area contributed by atoms with Crippen LogP contribution in [-0.4, -0.2) is 22.6 Å². The summed E-state index contributed by atoms with van der Waals surface area (Å²) in [6.45, 7) is 4.14. The van der Waals surface area contributed by atoms with Crippen molar-refractivity contribution in [2.24, 2.45) is 5.92 Å². The summed E-state index contributed by atoms with van der Waals surface area (Å²) in [5, 5.41) is 5.75. The molecule has 2 N–H and O–H groups in total. The minimum Gasteiger partial charge on any atom is -0.351 e. The zero-order valence-electron chi connectivity index (χ0n) is 14.5. The molecule has 0 fully saturated rings. The van der Waals surface area contributed by atoms with E-state index < -0.39 is 0 Å². The van der Waals surface area contributed by atoms with Gasteiger partial charge in [-0.15, -0.1) is 11.8 Å². The van der Waals surface area contributed by atoms with Crippen molar-refractivity contribution in [2.75, 3.05) is 11.1 Å². The Balaban J connectivity index is 1.74. The van der Waals surface area contributed by atoms with Gasteiger partial charge < -0.3 is 10.6 Å². The van der Waals surface area contributed by atoms with E-state index in [0.717, 1.165) is 16.9 Å². The van der Waals surface area contributed by atoms with Gasteiger partial charge in [0.2, 0.25) is 11.8 Å². The number of amides is 2. The first-order chi connectivity index (χ1) is 12.0. The van der Waals surface area contributed by atoms with Crippen LogP contribution < -0.4 is 10.6 Å². The maximum Gasteiger partial charge on any atom is 0.230 e. The second-order valence-corrected chi connectivity index (χ2v) is 6.92. The molecule has 0 radical (unpaired) electrons. The summed E-state index contributed by atoms with van der Waals surface area (Å²) >= 11 is 1.53. The maximum atomic E-state index is 11.9. The molecule has 0 spiro atoms. The van der Waals surface area contributed by atoms with E-state index in [1.54, 1.807) is 6.20 Å². The zero-order chi connectivity index (χ0) is 18.1. The molecule has 0 aliphatic rings. The fourth-order valence-corrected chi connectivity index (χ4v) is 2.80. The molecule has 2 aromatic rings. The Labute approximate surface area is 152 Å². The predicted molar refractivity (Wildman–Crippen MR) is 102 cm³/mol. The van der Waals surface area contributed by atoms with Gasteiger partial charge in [0.05, 0.1) is 11.4 Å². The van der Waals surface area contributed by atoms with Crippen molar-refractivity contribution >= 4 is 29.3 Å². The molecule has 0 aliphatic heterocycles. The summed E-state index contributed by atoms with van der Waals surface area (Å²) in [4.78, 5) is 27.9. The maximum absolute atomic E-state index is 11.9. The summed E-state index contributed by atoms with van der Waals surface area (Å²) in [6, 6.07) is 13.3. The van der Waals surface area contributed by atoms with Crippen LogP contribution in [0.15, 0.2) is 48.7 Å². The van der Waals surface area contributed by atoms with Crippen LogP contribution in [0.5, 0.6) is 0 Å². The number of carbonyl (C=O) groups excluding carboxylic acids is 2. The smallest absolute Gasteiger partial charge is 0.230 e. The third-order valence-corrected chi connectivity index (χ3v) is 4.38. The highest BCUT2D eigenvalue weighted by Gasteiger charge is 2.08. The average Bonchev–Trinajstić information content (AvgIpc) is 2.61. The number of nitrogens with one attached hydrogen (secondary N) is 2. The average molecular weight is 357 g/mol. The normalized spacial score (nSPS) is 10.5. The lowest BCUT2D eigenvalue weighted by Gasteiger charge is -2.10. The molecule has 0 saturated carbocycles. The van der Waals surface area contributed by atoms with E-state index in [0.29, 0.717) is 18.1 Å². The van der Waals surface area contributed by atoms with Crippen LogP contribution in [0, 0.1) is 5.92 Å². The van der Waals surface area contributed by atoms with Gasteiger partial charge >= 0.3 is 0 Å². The molecule has 1 aromatic heterocycles. The minimum atomic E-state index is -0.0699. The highest BCUT2D eigenvalue weighted by atomic mass is 32.2. The SMILES string of the molecule is CC(C)C(=O)Nc1cccc(CNC(=O)CSCc2ccccn2)c1. The first kappa shape index (κ1) is 19.0. The Morgan fingerprint density at radius 3 is 2.72 bits per heavy atom. The van der Waals surface area contributed by atoms with Gasteiger partial charge in [-0.3, -0.25) is 14.6 Å². The summed E-state index contributed by atoms with van der Waals surface area (Å²) < 4.78 is 0. The predicted octanol–water partition coefficient (Wildman–Crippen LogP) is 3.23. The number of anilines is 1. The molecule has 2 rings (SSSR count). The lowest BCUT2D eigenvalue weighted by Crippen LogP contribution is -2.24. The molecular weight excluding hydrogens is 334 g/mol. The summed E-state index contributed by atoms with van der Waals surface area (Å²) in [5.74, 6) is 0.995. The number of rotatable bonds is 8. The molecule has 0 saturated heterocycles. The van der Waals surface area contributed by atoms with Crippen LogP contribution in [0.25, 0.3) is 0 Å². The Morgan fingerprint density at radius 2 is 2.00 bits per heavy atom. The molecule has 6 heteroatoms. The summed E-state index contributed by atoms with van der Waals surface area (Å²) in [7, 11) is 0. The highest BCUT2D eigenvalue weighted by Crippen LogP contribution is 2.12. The van der Waals surface area contributed by atoms with Crippen LogP contribution in [-0.2, 0) is 21.9 Å². The second kappa shape index (κ2) is 9.84. The summed E-state index contributed by atoms with van der Waals surface area (Å²) in [5.41, 5.74) is 2.66. The first-order valence-corrected chi connectivity index (χ1v) is 9.34. The van der Waals surface area contributed by atoms with Crippen molar-refractivity contribution in [3.63, 3.8) is 0 Å². The molecule has 0 unspecified atom stereocenters. The van der Waals surface area contributed by atoms with E-state index in [1.165, 1.54) is 11.8 Å². The molecule has 0 bridgehead atoms. The Morgan fingerprint density at radius 1 is 1.16 bits per heavy atom. The van der Waals surface area contributed by atoms with Crippen LogP contribution >= 0.6 is 11.8 Å². The zero-order valence-corrected chi connectivity index (χ0v) is 15.3. The van der Waals surface area contributed by atoms with Gasteiger partial charge in [0.15, 0.2) is 0 Å². The van der Waals surface area contributed by atoms with Crippen LogP contribution in [0.1, 0.15) is 25.1 Å². The fraction of sp³-hybridized carbons (Fsp3) is 0.316. The van der Waals surface area contributed by atoms with Crippen LogP contribution in [0.3, 0.4) is 0 Å². The van der Waals surface area contributed by atoms with E-state index >= 15 is 0 Å². The van der Waals surface area contributed by atoms with Gasteiger partial charge in [0.25, 0.3) is 0 Å². The van der Waals surface area contributed by atoms with Gasteiger partial charge in [-0.25, -0.2) is 0 Å². The number of benzene rings is 1. The molecule has 0 atom stereocenters. The topological polar surface area (TPSA) is 71.1 Å². The quantitative estimate of drug-likeness (QED) is 0.761. The van der Waals surface area contributed by atoms with Gasteiger partial charge in [-0.2, -0.15) is 0 Å². The number of hydrogen-bond donors (Lipinski definition) is 2. The van der Waals surface area contributed by atoms with Crippen molar-refractivity contribution in [2.45, 2.75) is 26.1 Å². The largest absolute Gasteiger partial charge is 0.351 e. The molecule has 132 valence electrons. The Hall–Kier alpha value is -2.34. The van der Waals surface area contributed by atoms with Gasteiger partial charge in [0, 0.05) is 30.1 Å². The lowest BCUT2D eigenvalue weighted by atomic mass is 10.1. The van der Waals surface area contributed by atoms with Gasteiger partial charge in [-0.05, 0) is 29.8 Å². The number of pyridine rings is 1. The van der Waals surface area contributed by atoms with E-state index in [1.807, 2.05) is 56.3 Å². The molecule has 2 amide bonds. The number of nitrogens with zero attached hydrogens (tertiary/aromatic N) is 1. The highest BCUT2D eigenvalue weighted by molar-refractivity contribution is 7.99. The molecule has 5 nitrogen and oxygen atoms in total. The number of hydrogen-bond acceptors (Lipinski definition) is 4. The first-order valence-electron chi connectivity index (χ1n) is 8.19. The minimum absolute atomic E-state index is 0.0162. The van der Waals surface area contributed by atoms with Crippen molar-refractivity contribution in [1.82, 2.24) is 10.3 Å². The van der Waals surface area contributed by atoms with Gasteiger partial charge in [0.1, 0.15) is 0 Å². The summed E-state index contributed by atoms with van der Waals surface area (Å²) in [6.07, 6.45) is 1.75. The van der Waals surface area contributed by atoms with Crippen molar-refractivity contribution in [3.05, 3.63) is 59.9 Å². The Kier molecular flexibility index (Phi) is 7.47. The second-order valence-electron chi connectivity index (χ2n) is 5.93. The molecule has 0 aliphatic carbocycles. The number of carbonyl (C=O) groups is 2. The van der Waals surface area contributed by atoms with Crippen molar-refractivity contribution in [1.29, 1.82) is 0 Å². The fourth-order valence-electron chi connectivity index (χ4n) is 2.03. The number of aromatic nitrogens is 1. The van der Waals surface area contributed by atoms with Crippen molar-refractivity contribution in [3.8, 4) is 0 Å². The van der Waals surface area contributed by atoms with E-state index in [2.05, 4.69) is 15.6 Å². The van der Waals surface area contributed by atoms with E-state index in [4.69, 9.17) is 0 Å². The van der Waals surface area contributed by atoms with Crippen molar-refractivity contribution < 1.29 is 9.59 Å². The van der Waals surface area contributed by atoms with Crippen LogP contribution in [0.4, 0.5) is 5.69 Å². The standard InChI is InChI=1S/C19H23N3O2S/c1-14(2)19(24)22-16-8-5-6-15(10-16)11-21-18(23)13-25-12-17-7-3-4-9-20-17/h3-10,14H,11-13H2,1-2H3,(H,21,23)(H,22,24). The van der Waals surface area contributed by atoms with E-state index in [-0.39, 0.29) is 17.7 Å². The molecule has 1 heterocycles.